The van der Waals surface area contributed by atoms with Crippen LogP contribution in [0.5, 0.6) is 0 Å². The Bertz CT molecular complexity index is 579. The SMILES string of the molecule is O=CNc1ccc(-c2ccccc2[N+](=O)[O-])cc1. The Labute approximate surface area is 103 Å². The van der Waals surface area contributed by atoms with Crippen molar-refractivity contribution in [3.05, 3.63) is 58.6 Å². The molecule has 0 radical (unpaired) electrons. The van der Waals surface area contributed by atoms with Crippen molar-refractivity contribution in [1.29, 1.82) is 0 Å². The van der Waals surface area contributed by atoms with Crippen LogP contribution in [0, 0.1) is 10.1 Å². The summed E-state index contributed by atoms with van der Waals surface area (Å²) < 4.78 is 0. The van der Waals surface area contributed by atoms with E-state index in [1.807, 2.05) is 0 Å². The lowest BCUT2D eigenvalue weighted by molar-refractivity contribution is -0.384. The van der Waals surface area contributed by atoms with Crippen molar-refractivity contribution in [3.63, 3.8) is 0 Å². The minimum atomic E-state index is -0.410. The number of rotatable bonds is 4. The first kappa shape index (κ1) is 11.8. The third kappa shape index (κ3) is 2.35. The van der Waals surface area contributed by atoms with Crippen molar-refractivity contribution < 1.29 is 9.72 Å². The lowest BCUT2D eigenvalue weighted by Gasteiger charge is -2.04. The monoisotopic (exact) mass is 242 g/mol. The van der Waals surface area contributed by atoms with Crippen LogP contribution in [-0.2, 0) is 4.79 Å². The van der Waals surface area contributed by atoms with Gasteiger partial charge in [-0.2, -0.15) is 0 Å². The average molecular weight is 242 g/mol. The van der Waals surface area contributed by atoms with Gasteiger partial charge in [0, 0.05) is 11.8 Å². The number of para-hydroxylation sites is 1. The fraction of sp³-hybridized carbons (Fsp3) is 0. The molecule has 0 atom stereocenters. The molecule has 0 saturated heterocycles. The molecule has 2 aromatic rings. The Morgan fingerprint density at radius 1 is 1.06 bits per heavy atom. The number of nitrogens with one attached hydrogen (secondary N) is 1. The number of hydrogen-bond acceptors (Lipinski definition) is 3. The molecule has 0 saturated carbocycles. The van der Waals surface area contributed by atoms with Crippen molar-refractivity contribution in [2.45, 2.75) is 0 Å². The average Bonchev–Trinajstić information content (AvgIpc) is 2.40. The Kier molecular flexibility index (Phi) is 3.33. The summed E-state index contributed by atoms with van der Waals surface area (Å²) in [4.78, 5) is 20.8. The molecule has 0 aromatic heterocycles. The second-order valence-electron chi connectivity index (χ2n) is 3.61. The van der Waals surface area contributed by atoms with Gasteiger partial charge >= 0.3 is 0 Å². The van der Waals surface area contributed by atoms with E-state index >= 15 is 0 Å². The molecular weight excluding hydrogens is 232 g/mol. The van der Waals surface area contributed by atoms with Crippen LogP contribution >= 0.6 is 0 Å². The van der Waals surface area contributed by atoms with E-state index in [2.05, 4.69) is 5.32 Å². The molecule has 1 amide bonds. The lowest BCUT2D eigenvalue weighted by atomic mass is 10.0. The first-order valence-corrected chi connectivity index (χ1v) is 5.26. The first-order valence-electron chi connectivity index (χ1n) is 5.26. The van der Waals surface area contributed by atoms with Crippen molar-refractivity contribution in [3.8, 4) is 11.1 Å². The van der Waals surface area contributed by atoms with Gasteiger partial charge < -0.3 is 5.32 Å². The van der Waals surface area contributed by atoms with E-state index < -0.39 is 4.92 Å². The largest absolute Gasteiger partial charge is 0.329 e. The molecule has 0 heterocycles. The molecule has 2 rings (SSSR count). The predicted octanol–water partition coefficient (Wildman–Crippen LogP) is 2.83. The zero-order valence-electron chi connectivity index (χ0n) is 9.37. The molecule has 0 fully saturated rings. The highest BCUT2D eigenvalue weighted by Crippen LogP contribution is 2.29. The number of carbonyl (C=O) groups excluding carboxylic acids is 1. The molecule has 18 heavy (non-hydrogen) atoms. The molecule has 2 aromatic carbocycles. The number of amides is 1. The summed E-state index contributed by atoms with van der Waals surface area (Å²) >= 11 is 0. The maximum Gasteiger partial charge on any atom is 0.277 e. The van der Waals surface area contributed by atoms with Crippen molar-refractivity contribution in [2.75, 3.05) is 5.32 Å². The molecule has 0 aliphatic heterocycles. The van der Waals surface area contributed by atoms with Gasteiger partial charge in [0.1, 0.15) is 0 Å². The highest BCUT2D eigenvalue weighted by Gasteiger charge is 2.13. The van der Waals surface area contributed by atoms with E-state index in [1.165, 1.54) is 6.07 Å². The van der Waals surface area contributed by atoms with E-state index in [0.717, 1.165) is 5.56 Å². The highest BCUT2D eigenvalue weighted by atomic mass is 16.6. The summed E-state index contributed by atoms with van der Waals surface area (Å²) in [5.74, 6) is 0. The van der Waals surface area contributed by atoms with Crippen LogP contribution in [-0.4, -0.2) is 11.3 Å². The predicted molar refractivity (Wildman–Crippen MR) is 68.2 cm³/mol. The molecule has 0 unspecified atom stereocenters. The molecule has 90 valence electrons. The Morgan fingerprint density at radius 3 is 2.33 bits per heavy atom. The second-order valence-corrected chi connectivity index (χ2v) is 3.61. The van der Waals surface area contributed by atoms with Crippen LogP contribution in [0.3, 0.4) is 0 Å². The molecule has 0 aliphatic carbocycles. The number of benzene rings is 2. The molecule has 5 heteroatoms. The number of nitrogens with zero attached hydrogens (tertiary/aromatic N) is 1. The molecule has 0 spiro atoms. The highest BCUT2D eigenvalue weighted by molar-refractivity contribution is 5.77. The van der Waals surface area contributed by atoms with Gasteiger partial charge in [-0.05, 0) is 23.8 Å². The summed E-state index contributed by atoms with van der Waals surface area (Å²) in [5, 5.41) is 13.4. The van der Waals surface area contributed by atoms with E-state index in [4.69, 9.17) is 0 Å². The third-order valence-electron chi connectivity index (χ3n) is 2.52. The van der Waals surface area contributed by atoms with Crippen molar-refractivity contribution in [2.24, 2.45) is 0 Å². The van der Waals surface area contributed by atoms with Gasteiger partial charge in [0.25, 0.3) is 5.69 Å². The fourth-order valence-corrected chi connectivity index (χ4v) is 1.69. The third-order valence-corrected chi connectivity index (χ3v) is 2.52. The minimum Gasteiger partial charge on any atom is -0.329 e. The van der Waals surface area contributed by atoms with Gasteiger partial charge in [0.05, 0.1) is 10.5 Å². The topological polar surface area (TPSA) is 72.2 Å². The Morgan fingerprint density at radius 2 is 1.72 bits per heavy atom. The normalized spacial score (nSPS) is 9.78. The molecule has 0 bridgehead atoms. The van der Waals surface area contributed by atoms with E-state index in [0.29, 0.717) is 17.7 Å². The van der Waals surface area contributed by atoms with Gasteiger partial charge in [-0.15, -0.1) is 0 Å². The van der Waals surface area contributed by atoms with E-state index in [1.54, 1.807) is 42.5 Å². The fourth-order valence-electron chi connectivity index (χ4n) is 1.69. The van der Waals surface area contributed by atoms with Crippen LogP contribution < -0.4 is 5.32 Å². The number of carbonyl (C=O) groups is 1. The van der Waals surface area contributed by atoms with Crippen LogP contribution in [0.4, 0.5) is 11.4 Å². The van der Waals surface area contributed by atoms with Gasteiger partial charge in [0.15, 0.2) is 0 Å². The van der Waals surface area contributed by atoms with Crippen LogP contribution in [0.2, 0.25) is 0 Å². The van der Waals surface area contributed by atoms with Crippen LogP contribution in [0.1, 0.15) is 0 Å². The zero-order chi connectivity index (χ0) is 13.0. The summed E-state index contributed by atoms with van der Waals surface area (Å²) in [5.41, 5.74) is 2.00. The number of nitro groups is 1. The molecule has 1 N–H and O–H groups in total. The standard InChI is InChI=1S/C13H10N2O3/c16-9-14-11-7-5-10(6-8-11)12-3-1-2-4-13(12)15(17)18/h1-9H,(H,14,16). The summed E-state index contributed by atoms with van der Waals surface area (Å²) in [6.45, 7) is 0. The Balaban J connectivity index is 2.42. The summed E-state index contributed by atoms with van der Waals surface area (Å²) in [6, 6.07) is 13.4. The Hall–Kier alpha value is -2.69. The first-order chi connectivity index (χ1) is 8.72. The van der Waals surface area contributed by atoms with Crippen molar-refractivity contribution in [1.82, 2.24) is 0 Å². The maximum atomic E-state index is 10.9. The number of anilines is 1. The van der Waals surface area contributed by atoms with Gasteiger partial charge in [-0.1, -0.05) is 24.3 Å². The smallest absolute Gasteiger partial charge is 0.277 e. The van der Waals surface area contributed by atoms with Gasteiger partial charge in [-0.3, -0.25) is 14.9 Å². The summed E-state index contributed by atoms with van der Waals surface area (Å²) in [6.07, 6.45) is 0.583. The van der Waals surface area contributed by atoms with Crippen LogP contribution in [0.25, 0.3) is 11.1 Å². The number of hydrogen-bond donors (Lipinski definition) is 1. The quantitative estimate of drug-likeness (QED) is 0.509. The lowest BCUT2D eigenvalue weighted by Crippen LogP contribution is -1.94. The molecule has 0 aliphatic rings. The van der Waals surface area contributed by atoms with E-state index in [-0.39, 0.29) is 5.69 Å². The van der Waals surface area contributed by atoms with Crippen LogP contribution in [0.15, 0.2) is 48.5 Å². The van der Waals surface area contributed by atoms with Gasteiger partial charge in [0.2, 0.25) is 6.41 Å². The van der Waals surface area contributed by atoms with Gasteiger partial charge in [-0.25, -0.2) is 0 Å². The zero-order valence-corrected chi connectivity index (χ0v) is 9.37. The molecular formula is C13H10N2O3. The molecule has 5 nitrogen and oxygen atoms in total. The van der Waals surface area contributed by atoms with E-state index in [9.17, 15) is 14.9 Å². The number of nitro benzene ring substituents is 1. The van der Waals surface area contributed by atoms with Crippen molar-refractivity contribution >= 4 is 17.8 Å². The minimum absolute atomic E-state index is 0.0635. The maximum absolute atomic E-state index is 10.9. The summed E-state index contributed by atoms with van der Waals surface area (Å²) in [7, 11) is 0. The second kappa shape index (κ2) is 5.09.